The fourth-order valence-corrected chi connectivity index (χ4v) is 3.35. The van der Waals surface area contributed by atoms with Gasteiger partial charge in [0.2, 0.25) is 5.91 Å². The summed E-state index contributed by atoms with van der Waals surface area (Å²) in [7, 11) is 1.86. The minimum atomic E-state index is 0.0191. The van der Waals surface area contributed by atoms with Crippen molar-refractivity contribution in [3.8, 4) is 11.3 Å². The number of hydrogen-bond acceptors (Lipinski definition) is 5. The number of thiophene rings is 1. The average molecular weight is 341 g/mol. The van der Waals surface area contributed by atoms with Gasteiger partial charge in [-0.05, 0) is 30.4 Å². The summed E-state index contributed by atoms with van der Waals surface area (Å²) in [6.07, 6.45) is 8.16. The number of aryl methyl sites for hydroxylation is 3. The summed E-state index contributed by atoms with van der Waals surface area (Å²) in [5, 5.41) is 9.15. The van der Waals surface area contributed by atoms with E-state index in [9.17, 15) is 4.79 Å². The lowest BCUT2D eigenvalue weighted by molar-refractivity contribution is -0.121. The van der Waals surface area contributed by atoms with Crippen LogP contribution in [0.2, 0.25) is 0 Å². The second-order valence-electron chi connectivity index (χ2n) is 5.56. The highest BCUT2D eigenvalue weighted by Gasteiger charge is 2.11. The Balaban J connectivity index is 1.60. The largest absolute Gasteiger partial charge is 0.350 e. The SMILES string of the molecule is Cc1ccsc1CCC(=O)NCc1nccnc1-c1cnn(C)c1. The number of carbonyl (C=O) groups excluding carboxylic acids is 1. The molecule has 3 rings (SSSR count). The molecule has 0 saturated carbocycles. The number of rotatable bonds is 6. The molecule has 1 amide bonds. The summed E-state index contributed by atoms with van der Waals surface area (Å²) >= 11 is 1.70. The third-order valence-corrected chi connectivity index (χ3v) is 4.84. The zero-order valence-electron chi connectivity index (χ0n) is 13.7. The molecule has 0 radical (unpaired) electrons. The smallest absolute Gasteiger partial charge is 0.220 e. The van der Waals surface area contributed by atoms with Gasteiger partial charge in [0.25, 0.3) is 0 Å². The number of nitrogens with one attached hydrogen (secondary N) is 1. The van der Waals surface area contributed by atoms with Crippen molar-refractivity contribution in [2.45, 2.75) is 26.3 Å². The van der Waals surface area contributed by atoms with E-state index in [1.54, 1.807) is 34.6 Å². The van der Waals surface area contributed by atoms with Crippen molar-refractivity contribution in [2.75, 3.05) is 0 Å². The third-order valence-electron chi connectivity index (χ3n) is 3.75. The van der Waals surface area contributed by atoms with Gasteiger partial charge in [-0.1, -0.05) is 0 Å². The van der Waals surface area contributed by atoms with Crippen LogP contribution in [0.3, 0.4) is 0 Å². The van der Waals surface area contributed by atoms with Crippen LogP contribution in [0.25, 0.3) is 11.3 Å². The van der Waals surface area contributed by atoms with E-state index in [-0.39, 0.29) is 5.91 Å². The Morgan fingerprint density at radius 1 is 1.33 bits per heavy atom. The molecule has 124 valence electrons. The fraction of sp³-hybridized carbons (Fsp3) is 0.294. The Morgan fingerprint density at radius 2 is 2.17 bits per heavy atom. The van der Waals surface area contributed by atoms with Crippen LogP contribution in [-0.2, 0) is 24.8 Å². The summed E-state index contributed by atoms with van der Waals surface area (Å²) in [4.78, 5) is 22.1. The molecule has 3 aromatic heterocycles. The first-order chi connectivity index (χ1) is 11.6. The van der Waals surface area contributed by atoms with Gasteiger partial charge in [-0.15, -0.1) is 11.3 Å². The summed E-state index contributed by atoms with van der Waals surface area (Å²) in [5.74, 6) is 0.0191. The third kappa shape index (κ3) is 3.86. The van der Waals surface area contributed by atoms with Crippen molar-refractivity contribution in [2.24, 2.45) is 7.05 Å². The minimum absolute atomic E-state index is 0.0191. The molecule has 0 bridgehead atoms. The number of nitrogens with zero attached hydrogens (tertiary/aromatic N) is 4. The molecule has 0 fully saturated rings. The summed E-state index contributed by atoms with van der Waals surface area (Å²) in [6.45, 7) is 2.43. The predicted octanol–water partition coefficient (Wildman–Crippen LogP) is 2.50. The van der Waals surface area contributed by atoms with Crippen LogP contribution < -0.4 is 5.32 Å². The molecule has 1 N–H and O–H groups in total. The molecule has 0 spiro atoms. The van der Waals surface area contributed by atoms with E-state index in [0.29, 0.717) is 13.0 Å². The van der Waals surface area contributed by atoms with E-state index in [0.717, 1.165) is 23.4 Å². The van der Waals surface area contributed by atoms with Gasteiger partial charge < -0.3 is 5.32 Å². The van der Waals surface area contributed by atoms with Crippen LogP contribution in [0.1, 0.15) is 22.6 Å². The Labute approximate surface area is 144 Å². The van der Waals surface area contributed by atoms with Gasteiger partial charge in [-0.2, -0.15) is 5.10 Å². The van der Waals surface area contributed by atoms with Gasteiger partial charge in [0.1, 0.15) is 0 Å². The number of aromatic nitrogens is 4. The Hall–Kier alpha value is -2.54. The van der Waals surface area contributed by atoms with Crippen molar-refractivity contribution in [3.63, 3.8) is 0 Å². The monoisotopic (exact) mass is 341 g/mol. The molecule has 0 aliphatic carbocycles. The lowest BCUT2D eigenvalue weighted by Gasteiger charge is -2.08. The number of carbonyl (C=O) groups is 1. The maximum absolute atomic E-state index is 12.1. The van der Waals surface area contributed by atoms with Crippen molar-refractivity contribution in [3.05, 3.63) is 52.4 Å². The lowest BCUT2D eigenvalue weighted by Crippen LogP contribution is -2.24. The number of amides is 1. The molecule has 7 heteroatoms. The highest BCUT2D eigenvalue weighted by Crippen LogP contribution is 2.19. The average Bonchev–Trinajstić information content (AvgIpc) is 3.19. The zero-order chi connectivity index (χ0) is 16.9. The lowest BCUT2D eigenvalue weighted by atomic mass is 10.2. The molecule has 0 aliphatic heterocycles. The molecular formula is C17H19N5OS. The van der Waals surface area contributed by atoms with E-state index in [1.807, 2.05) is 13.2 Å². The Kier molecular flexibility index (Phi) is 5.00. The molecule has 24 heavy (non-hydrogen) atoms. The Bertz CT molecular complexity index is 839. The van der Waals surface area contributed by atoms with Crippen molar-refractivity contribution in [1.29, 1.82) is 0 Å². The van der Waals surface area contributed by atoms with E-state index in [4.69, 9.17) is 0 Å². The maximum Gasteiger partial charge on any atom is 0.220 e. The standard InChI is InChI=1S/C17H19N5OS/c1-12-5-8-24-15(12)3-4-16(23)20-10-14-17(19-7-6-18-14)13-9-21-22(2)11-13/h5-9,11H,3-4,10H2,1-2H3,(H,20,23). The van der Waals surface area contributed by atoms with Crippen molar-refractivity contribution in [1.82, 2.24) is 25.1 Å². The molecule has 0 atom stereocenters. The van der Waals surface area contributed by atoms with E-state index >= 15 is 0 Å². The molecular weight excluding hydrogens is 322 g/mol. The zero-order valence-corrected chi connectivity index (χ0v) is 14.5. The summed E-state index contributed by atoms with van der Waals surface area (Å²) < 4.78 is 1.72. The van der Waals surface area contributed by atoms with Crippen molar-refractivity contribution < 1.29 is 4.79 Å². The summed E-state index contributed by atoms with van der Waals surface area (Å²) in [5.41, 5.74) is 3.64. The van der Waals surface area contributed by atoms with Crippen LogP contribution in [0.4, 0.5) is 0 Å². The van der Waals surface area contributed by atoms with Gasteiger partial charge >= 0.3 is 0 Å². The van der Waals surface area contributed by atoms with Gasteiger partial charge in [-0.3, -0.25) is 19.4 Å². The molecule has 0 saturated heterocycles. The molecule has 3 aromatic rings. The van der Waals surface area contributed by atoms with Crippen LogP contribution in [0.5, 0.6) is 0 Å². The predicted molar refractivity (Wildman–Crippen MR) is 93.5 cm³/mol. The summed E-state index contributed by atoms with van der Waals surface area (Å²) in [6, 6.07) is 2.08. The van der Waals surface area contributed by atoms with Crippen LogP contribution in [0.15, 0.2) is 36.2 Å². The second-order valence-corrected chi connectivity index (χ2v) is 6.56. The molecule has 0 aromatic carbocycles. The number of hydrogen-bond donors (Lipinski definition) is 1. The second kappa shape index (κ2) is 7.35. The first-order valence-electron chi connectivity index (χ1n) is 7.72. The minimum Gasteiger partial charge on any atom is -0.350 e. The van der Waals surface area contributed by atoms with E-state index < -0.39 is 0 Å². The van der Waals surface area contributed by atoms with Gasteiger partial charge in [0.05, 0.1) is 24.1 Å². The molecule has 0 unspecified atom stereocenters. The fourth-order valence-electron chi connectivity index (χ4n) is 2.44. The normalized spacial score (nSPS) is 10.8. The van der Waals surface area contributed by atoms with Crippen LogP contribution >= 0.6 is 11.3 Å². The molecule has 3 heterocycles. The quantitative estimate of drug-likeness (QED) is 0.748. The van der Waals surface area contributed by atoms with E-state index in [2.05, 4.69) is 38.8 Å². The highest BCUT2D eigenvalue weighted by atomic mass is 32.1. The van der Waals surface area contributed by atoms with Crippen molar-refractivity contribution >= 4 is 17.2 Å². The Morgan fingerprint density at radius 3 is 2.88 bits per heavy atom. The van der Waals surface area contributed by atoms with E-state index in [1.165, 1.54) is 10.4 Å². The van der Waals surface area contributed by atoms with Crippen LogP contribution in [-0.4, -0.2) is 25.7 Å². The first-order valence-corrected chi connectivity index (χ1v) is 8.60. The van der Waals surface area contributed by atoms with Crippen LogP contribution in [0, 0.1) is 6.92 Å². The maximum atomic E-state index is 12.1. The van der Waals surface area contributed by atoms with Gasteiger partial charge in [0, 0.05) is 42.5 Å². The highest BCUT2D eigenvalue weighted by molar-refractivity contribution is 7.10. The van der Waals surface area contributed by atoms with Gasteiger partial charge in [0.15, 0.2) is 0 Å². The topological polar surface area (TPSA) is 72.7 Å². The first kappa shape index (κ1) is 16.3. The molecule has 0 aliphatic rings. The van der Waals surface area contributed by atoms with Gasteiger partial charge in [-0.25, -0.2) is 0 Å². The molecule has 6 nitrogen and oxygen atoms in total.